The van der Waals surface area contributed by atoms with Gasteiger partial charge < -0.3 is 11.1 Å². The van der Waals surface area contributed by atoms with Crippen molar-refractivity contribution >= 4 is 21.8 Å². The van der Waals surface area contributed by atoms with E-state index in [4.69, 9.17) is 5.73 Å². The van der Waals surface area contributed by atoms with Gasteiger partial charge in [0.1, 0.15) is 6.04 Å². The average molecular weight is 243 g/mol. The normalized spacial score (nSPS) is 12.5. The largest absolute Gasteiger partial charge is 0.368 e. The minimum atomic E-state index is -0.409. The topological polar surface area (TPSA) is 55.1 Å². The molecule has 0 aliphatic rings. The summed E-state index contributed by atoms with van der Waals surface area (Å²) in [6, 6.07) is 7.06. The SMILES string of the molecule is CN[C@@H](C(N)=O)c1ccc(Br)cc1. The Morgan fingerprint density at radius 3 is 2.38 bits per heavy atom. The lowest BCUT2D eigenvalue weighted by atomic mass is 10.1. The molecule has 70 valence electrons. The van der Waals surface area contributed by atoms with E-state index in [1.165, 1.54) is 0 Å². The molecule has 1 aromatic carbocycles. The predicted molar refractivity (Wildman–Crippen MR) is 55.1 cm³/mol. The Hall–Kier alpha value is -0.870. The summed E-state index contributed by atoms with van der Waals surface area (Å²) in [6.45, 7) is 0. The zero-order valence-electron chi connectivity index (χ0n) is 7.25. The summed E-state index contributed by atoms with van der Waals surface area (Å²) in [5.41, 5.74) is 6.08. The second kappa shape index (κ2) is 4.39. The first kappa shape index (κ1) is 10.2. The maximum atomic E-state index is 11.0. The van der Waals surface area contributed by atoms with Gasteiger partial charge in [0.15, 0.2) is 0 Å². The molecular formula is C9H11BrN2O. The number of carbonyl (C=O) groups excluding carboxylic acids is 1. The number of nitrogens with one attached hydrogen (secondary N) is 1. The van der Waals surface area contributed by atoms with Gasteiger partial charge >= 0.3 is 0 Å². The molecule has 0 radical (unpaired) electrons. The van der Waals surface area contributed by atoms with Crippen LogP contribution in [-0.4, -0.2) is 13.0 Å². The maximum Gasteiger partial charge on any atom is 0.239 e. The molecule has 1 aromatic rings. The number of rotatable bonds is 3. The molecule has 0 aliphatic carbocycles. The highest BCUT2D eigenvalue weighted by Gasteiger charge is 2.14. The predicted octanol–water partition coefficient (Wildman–Crippen LogP) is 1.19. The van der Waals surface area contributed by atoms with Gasteiger partial charge in [-0.1, -0.05) is 28.1 Å². The van der Waals surface area contributed by atoms with Crippen molar-refractivity contribution in [2.75, 3.05) is 7.05 Å². The molecule has 3 nitrogen and oxygen atoms in total. The van der Waals surface area contributed by atoms with Gasteiger partial charge in [0.25, 0.3) is 0 Å². The van der Waals surface area contributed by atoms with Gasteiger partial charge in [-0.25, -0.2) is 0 Å². The van der Waals surface area contributed by atoms with E-state index in [1.807, 2.05) is 24.3 Å². The summed E-state index contributed by atoms with van der Waals surface area (Å²) >= 11 is 3.32. The van der Waals surface area contributed by atoms with Crippen LogP contribution in [0.15, 0.2) is 28.7 Å². The number of hydrogen-bond donors (Lipinski definition) is 2. The Kier molecular flexibility index (Phi) is 3.45. The van der Waals surface area contributed by atoms with Crippen LogP contribution in [0.25, 0.3) is 0 Å². The first-order valence-electron chi connectivity index (χ1n) is 3.87. The number of primary amides is 1. The highest BCUT2D eigenvalue weighted by atomic mass is 79.9. The number of amides is 1. The Labute approximate surface area is 85.4 Å². The summed E-state index contributed by atoms with van der Waals surface area (Å²) in [6.07, 6.45) is 0. The maximum absolute atomic E-state index is 11.0. The van der Waals surface area contributed by atoms with Crippen LogP contribution < -0.4 is 11.1 Å². The fourth-order valence-electron chi connectivity index (χ4n) is 1.13. The molecule has 0 saturated heterocycles. The molecule has 0 aromatic heterocycles. The summed E-state index contributed by atoms with van der Waals surface area (Å²) in [5, 5.41) is 2.85. The number of hydrogen-bond acceptors (Lipinski definition) is 2. The van der Waals surface area contributed by atoms with Gasteiger partial charge in [0.2, 0.25) is 5.91 Å². The van der Waals surface area contributed by atoms with Crippen LogP contribution in [0.1, 0.15) is 11.6 Å². The van der Waals surface area contributed by atoms with E-state index in [-0.39, 0.29) is 5.91 Å². The zero-order chi connectivity index (χ0) is 9.84. The number of benzene rings is 1. The summed E-state index contributed by atoms with van der Waals surface area (Å²) < 4.78 is 0.982. The summed E-state index contributed by atoms with van der Waals surface area (Å²) in [4.78, 5) is 11.0. The van der Waals surface area contributed by atoms with Crippen molar-refractivity contribution in [3.05, 3.63) is 34.3 Å². The molecule has 0 heterocycles. The third kappa shape index (κ3) is 2.54. The zero-order valence-corrected chi connectivity index (χ0v) is 8.84. The molecule has 0 fully saturated rings. The van der Waals surface area contributed by atoms with Gasteiger partial charge in [0, 0.05) is 4.47 Å². The third-order valence-electron chi connectivity index (χ3n) is 1.78. The van der Waals surface area contributed by atoms with Crippen LogP contribution in [0.3, 0.4) is 0 Å². The van der Waals surface area contributed by atoms with Crippen LogP contribution in [0.2, 0.25) is 0 Å². The molecular weight excluding hydrogens is 232 g/mol. The molecule has 0 bridgehead atoms. The lowest BCUT2D eigenvalue weighted by molar-refractivity contribution is -0.120. The van der Waals surface area contributed by atoms with Crippen LogP contribution in [0.5, 0.6) is 0 Å². The van der Waals surface area contributed by atoms with Crippen LogP contribution in [0.4, 0.5) is 0 Å². The van der Waals surface area contributed by atoms with Crippen molar-refractivity contribution < 1.29 is 4.79 Å². The molecule has 0 unspecified atom stereocenters. The fourth-order valence-corrected chi connectivity index (χ4v) is 1.39. The quantitative estimate of drug-likeness (QED) is 0.837. The monoisotopic (exact) mass is 242 g/mol. The molecule has 0 saturated carbocycles. The number of likely N-dealkylation sites (N-methyl/N-ethyl adjacent to an activating group) is 1. The van der Waals surface area contributed by atoms with Crippen molar-refractivity contribution in [1.29, 1.82) is 0 Å². The molecule has 1 amide bonds. The van der Waals surface area contributed by atoms with Gasteiger partial charge in [-0.15, -0.1) is 0 Å². The van der Waals surface area contributed by atoms with Crippen molar-refractivity contribution in [3.8, 4) is 0 Å². The van der Waals surface area contributed by atoms with E-state index in [0.29, 0.717) is 0 Å². The Morgan fingerprint density at radius 1 is 1.46 bits per heavy atom. The fraction of sp³-hybridized carbons (Fsp3) is 0.222. The van der Waals surface area contributed by atoms with Crippen LogP contribution in [-0.2, 0) is 4.79 Å². The first-order chi connectivity index (χ1) is 6.15. The van der Waals surface area contributed by atoms with Crippen molar-refractivity contribution in [1.82, 2.24) is 5.32 Å². The third-order valence-corrected chi connectivity index (χ3v) is 2.31. The number of nitrogens with two attached hydrogens (primary N) is 1. The minimum absolute atomic E-state index is 0.371. The minimum Gasteiger partial charge on any atom is -0.368 e. The highest BCUT2D eigenvalue weighted by molar-refractivity contribution is 9.10. The molecule has 0 aliphatic heterocycles. The smallest absolute Gasteiger partial charge is 0.239 e. The van der Waals surface area contributed by atoms with Gasteiger partial charge in [0.05, 0.1) is 0 Å². The summed E-state index contributed by atoms with van der Waals surface area (Å²) in [7, 11) is 1.71. The van der Waals surface area contributed by atoms with Crippen LogP contribution >= 0.6 is 15.9 Å². The second-order valence-electron chi connectivity index (χ2n) is 2.68. The lowest BCUT2D eigenvalue weighted by Crippen LogP contribution is -2.31. The average Bonchev–Trinajstić information content (AvgIpc) is 2.09. The van der Waals surface area contributed by atoms with E-state index in [1.54, 1.807) is 7.05 Å². The molecule has 0 spiro atoms. The molecule has 13 heavy (non-hydrogen) atoms. The summed E-state index contributed by atoms with van der Waals surface area (Å²) in [5.74, 6) is -0.371. The van der Waals surface area contributed by atoms with E-state index < -0.39 is 6.04 Å². The lowest BCUT2D eigenvalue weighted by Gasteiger charge is -2.11. The van der Waals surface area contributed by atoms with E-state index in [9.17, 15) is 4.79 Å². The van der Waals surface area contributed by atoms with Crippen molar-refractivity contribution in [2.24, 2.45) is 5.73 Å². The van der Waals surface area contributed by atoms with Crippen molar-refractivity contribution in [2.45, 2.75) is 6.04 Å². The molecule has 1 atom stereocenters. The van der Waals surface area contributed by atoms with Gasteiger partial charge in [-0.05, 0) is 24.7 Å². The van der Waals surface area contributed by atoms with Gasteiger partial charge in [-0.2, -0.15) is 0 Å². The number of carbonyl (C=O) groups is 1. The van der Waals surface area contributed by atoms with Crippen LogP contribution in [0, 0.1) is 0 Å². The Balaban J connectivity index is 2.92. The molecule has 3 N–H and O–H groups in total. The van der Waals surface area contributed by atoms with E-state index >= 15 is 0 Å². The first-order valence-corrected chi connectivity index (χ1v) is 4.66. The highest BCUT2D eigenvalue weighted by Crippen LogP contribution is 2.16. The van der Waals surface area contributed by atoms with E-state index in [0.717, 1.165) is 10.0 Å². The standard InChI is InChI=1S/C9H11BrN2O/c1-12-8(9(11)13)6-2-4-7(10)5-3-6/h2-5,8,12H,1H3,(H2,11,13)/t8-/m1/s1. The molecule has 4 heteroatoms. The second-order valence-corrected chi connectivity index (χ2v) is 3.59. The van der Waals surface area contributed by atoms with Crippen molar-refractivity contribution in [3.63, 3.8) is 0 Å². The Morgan fingerprint density at radius 2 is 2.00 bits per heavy atom. The van der Waals surface area contributed by atoms with E-state index in [2.05, 4.69) is 21.2 Å². The Bertz CT molecular complexity index is 297. The van der Waals surface area contributed by atoms with Gasteiger partial charge in [-0.3, -0.25) is 4.79 Å². The number of halogens is 1. The molecule has 1 rings (SSSR count).